The van der Waals surface area contributed by atoms with E-state index >= 15 is 0 Å². The van der Waals surface area contributed by atoms with Crippen LogP contribution in [0.3, 0.4) is 0 Å². The van der Waals surface area contributed by atoms with Crippen molar-refractivity contribution < 1.29 is 0 Å². The van der Waals surface area contributed by atoms with E-state index in [4.69, 9.17) is 0 Å². The molecule has 0 aromatic carbocycles. The fraction of sp³-hybridized carbons (Fsp3) is 0.818. The summed E-state index contributed by atoms with van der Waals surface area (Å²) in [5, 5.41) is 0. The molecule has 0 N–H and O–H groups in total. The molecular formula is C11H20. The maximum Gasteiger partial charge on any atom is -0.0155 e. The molecule has 0 aliphatic heterocycles. The van der Waals surface area contributed by atoms with Gasteiger partial charge in [-0.3, -0.25) is 0 Å². The Bertz CT molecular complexity index is 147. The highest BCUT2D eigenvalue weighted by atomic mass is 14.4. The maximum absolute atomic E-state index is 2.34. The molecule has 0 bridgehead atoms. The molecule has 0 nitrogen and oxygen atoms in total. The van der Waals surface area contributed by atoms with Gasteiger partial charge in [0.2, 0.25) is 0 Å². The van der Waals surface area contributed by atoms with Crippen molar-refractivity contribution in [3.63, 3.8) is 0 Å². The molecule has 0 spiro atoms. The van der Waals surface area contributed by atoms with Gasteiger partial charge in [-0.1, -0.05) is 25.5 Å². The zero-order chi connectivity index (χ0) is 8.43. The first-order valence-corrected chi connectivity index (χ1v) is 4.79. The van der Waals surface area contributed by atoms with Gasteiger partial charge in [-0.2, -0.15) is 0 Å². The van der Waals surface area contributed by atoms with Crippen LogP contribution in [0.5, 0.6) is 0 Å². The van der Waals surface area contributed by atoms with Gasteiger partial charge in [-0.25, -0.2) is 0 Å². The molecule has 0 aromatic rings. The lowest BCUT2D eigenvalue weighted by molar-refractivity contribution is 0.395. The van der Waals surface area contributed by atoms with Crippen LogP contribution in [0.25, 0.3) is 0 Å². The molecule has 0 amide bonds. The molecule has 11 heavy (non-hydrogen) atoms. The number of allylic oxidation sites excluding steroid dienone is 2. The summed E-state index contributed by atoms with van der Waals surface area (Å²) in [6.45, 7) is 9.13. The molecule has 1 rings (SSSR count). The summed E-state index contributed by atoms with van der Waals surface area (Å²) in [5.74, 6) is 2.73. The Balaban J connectivity index is 2.58. The van der Waals surface area contributed by atoms with E-state index in [1.165, 1.54) is 12.8 Å². The normalized spacial score (nSPS) is 22.5. The van der Waals surface area contributed by atoms with Crippen LogP contribution in [-0.4, -0.2) is 0 Å². The van der Waals surface area contributed by atoms with E-state index in [0.29, 0.717) is 0 Å². The summed E-state index contributed by atoms with van der Waals surface area (Å²) < 4.78 is 0. The lowest BCUT2D eigenvalue weighted by Gasteiger charge is -2.21. The SMILES string of the molecule is CC=C(C)C(C(C)C)C1CC1. The summed E-state index contributed by atoms with van der Waals surface area (Å²) in [5.41, 5.74) is 1.60. The molecule has 0 heterocycles. The number of hydrogen-bond donors (Lipinski definition) is 0. The standard InChI is InChI=1S/C11H20/c1-5-9(4)11(8(2)3)10-6-7-10/h5,8,10-11H,6-7H2,1-4H3. The Morgan fingerprint density at radius 1 is 1.36 bits per heavy atom. The Morgan fingerprint density at radius 2 is 1.91 bits per heavy atom. The van der Waals surface area contributed by atoms with Gasteiger partial charge in [0, 0.05) is 0 Å². The van der Waals surface area contributed by atoms with Crippen molar-refractivity contribution in [3.05, 3.63) is 11.6 Å². The Labute approximate surface area is 70.7 Å². The average molecular weight is 152 g/mol. The number of rotatable bonds is 3. The van der Waals surface area contributed by atoms with Crippen molar-refractivity contribution in [1.82, 2.24) is 0 Å². The second-order valence-electron chi connectivity index (χ2n) is 4.14. The average Bonchev–Trinajstić information content (AvgIpc) is 2.71. The van der Waals surface area contributed by atoms with Gasteiger partial charge in [0.05, 0.1) is 0 Å². The third-order valence-electron chi connectivity index (χ3n) is 2.83. The van der Waals surface area contributed by atoms with E-state index in [2.05, 4.69) is 33.8 Å². The van der Waals surface area contributed by atoms with Gasteiger partial charge >= 0.3 is 0 Å². The van der Waals surface area contributed by atoms with Crippen molar-refractivity contribution >= 4 is 0 Å². The van der Waals surface area contributed by atoms with Crippen molar-refractivity contribution in [2.24, 2.45) is 17.8 Å². The fourth-order valence-electron chi connectivity index (χ4n) is 2.09. The lowest BCUT2D eigenvalue weighted by atomic mass is 9.85. The summed E-state index contributed by atoms with van der Waals surface area (Å²) in [4.78, 5) is 0. The van der Waals surface area contributed by atoms with E-state index < -0.39 is 0 Å². The van der Waals surface area contributed by atoms with Crippen LogP contribution in [-0.2, 0) is 0 Å². The molecular weight excluding hydrogens is 132 g/mol. The summed E-state index contributed by atoms with van der Waals surface area (Å²) in [6, 6.07) is 0. The minimum Gasteiger partial charge on any atom is -0.0884 e. The predicted octanol–water partition coefficient (Wildman–Crippen LogP) is 3.63. The summed E-state index contributed by atoms with van der Waals surface area (Å²) in [6.07, 6.45) is 5.21. The van der Waals surface area contributed by atoms with E-state index in [1.54, 1.807) is 5.57 Å². The van der Waals surface area contributed by atoms with Crippen molar-refractivity contribution in [3.8, 4) is 0 Å². The van der Waals surface area contributed by atoms with Gasteiger partial charge < -0.3 is 0 Å². The third-order valence-corrected chi connectivity index (χ3v) is 2.83. The monoisotopic (exact) mass is 152 g/mol. The minimum absolute atomic E-state index is 0.832. The van der Waals surface area contributed by atoms with Gasteiger partial charge in [-0.05, 0) is 44.4 Å². The Morgan fingerprint density at radius 3 is 2.18 bits per heavy atom. The summed E-state index contributed by atoms with van der Waals surface area (Å²) in [7, 11) is 0. The zero-order valence-corrected chi connectivity index (χ0v) is 8.22. The Kier molecular flexibility index (Phi) is 2.75. The minimum atomic E-state index is 0.832. The first kappa shape index (κ1) is 8.83. The van der Waals surface area contributed by atoms with Crippen LogP contribution in [0.4, 0.5) is 0 Å². The molecule has 1 unspecified atom stereocenters. The molecule has 1 atom stereocenters. The van der Waals surface area contributed by atoms with Crippen LogP contribution >= 0.6 is 0 Å². The highest BCUT2D eigenvalue weighted by Crippen LogP contribution is 2.43. The van der Waals surface area contributed by atoms with E-state index in [-0.39, 0.29) is 0 Å². The topological polar surface area (TPSA) is 0 Å². The molecule has 1 aliphatic rings. The number of hydrogen-bond acceptors (Lipinski definition) is 0. The largest absolute Gasteiger partial charge is 0.0884 e. The van der Waals surface area contributed by atoms with E-state index in [0.717, 1.165) is 17.8 Å². The second kappa shape index (κ2) is 3.42. The smallest absolute Gasteiger partial charge is 0.0155 e. The van der Waals surface area contributed by atoms with Crippen LogP contribution in [0.2, 0.25) is 0 Å². The second-order valence-corrected chi connectivity index (χ2v) is 4.14. The first-order valence-electron chi connectivity index (χ1n) is 4.79. The highest BCUT2D eigenvalue weighted by Gasteiger charge is 2.33. The molecule has 0 radical (unpaired) electrons. The fourth-order valence-corrected chi connectivity index (χ4v) is 2.09. The van der Waals surface area contributed by atoms with Gasteiger partial charge in [0.25, 0.3) is 0 Å². The molecule has 64 valence electrons. The van der Waals surface area contributed by atoms with Gasteiger partial charge in [-0.15, -0.1) is 0 Å². The van der Waals surface area contributed by atoms with Crippen LogP contribution in [0, 0.1) is 17.8 Å². The lowest BCUT2D eigenvalue weighted by Crippen LogP contribution is -2.12. The zero-order valence-electron chi connectivity index (χ0n) is 8.22. The van der Waals surface area contributed by atoms with E-state index in [9.17, 15) is 0 Å². The van der Waals surface area contributed by atoms with Crippen LogP contribution in [0.1, 0.15) is 40.5 Å². The van der Waals surface area contributed by atoms with Crippen molar-refractivity contribution in [2.45, 2.75) is 40.5 Å². The van der Waals surface area contributed by atoms with Crippen molar-refractivity contribution in [1.29, 1.82) is 0 Å². The summed E-state index contributed by atoms with van der Waals surface area (Å²) >= 11 is 0. The quantitative estimate of drug-likeness (QED) is 0.542. The third kappa shape index (κ3) is 2.08. The molecule has 0 aromatic heterocycles. The Hall–Kier alpha value is -0.260. The van der Waals surface area contributed by atoms with Crippen molar-refractivity contribution in [2.75, 3.05) is 0 Å². The molecule has 1 saturated carbocycles. The first-order chi connectivity index (χ1) is 5.16. The molecule has 0 saturated heterocycles. The van der Waals surface area contributed by atoms with Crippen LogP contribution in [0.15, 0.2) is 11.6 Å². The predicted molar refractivity (Wildman–Crippen MR) is 50.5 cm³/mol. The van der Waals surface area contributed by atoms with Crippen LogP contribution < -0.4 is 0 Å². The molecule has 0 heteroatoms. The molecule has 1 fully saturated rings. The van der Waals surface area contributed by atoms with E-state index in [1.807, 2.05) is 0 Å². The maximum atomic E-state index is 2.34. The highest BCUT2D eigenvalue weighted by molar-refractivity contribution is 5.07. The van der Waals surface area contributed by atoms with Gasteiger partial charge in [0.1, 0.15) is 0 Å². The molecule has 1 aliphatic carbocycles. The van der Waals surface area contributed by atoms with Gasteiger partial charge in [0.15, 0.2) is 0 Å².